The van der Waals surface area contributed by atoms with E-state index in [-0.39, 0.29) is 0 Å². The summed E-state index contributed by atoms with van der Waals surface area (Å²) in [6.45, 7) is 3.36. The quantitative estimate of drug-likeness (QED) is 0.837. The highest BCUT2D eigenvalue weighted by Crippen LogP contribution is 2.28. The van der Waals surface area contributed by atoms with Gasteiger partial charge in [-0.15, -0.1) is 0 Å². The molecule has 2 nitrogen and oxygen atoms in total. The highest BCUT2D eigenvalue weighted by atomic mass is 15.0. The maximum absolute atomic E-state index is 3.76. The first-order valence-corrected chi connectivity index (χ1v) is 7.06. The number of H-pyrrole nitrogens is 1. The Balaban J connectivity index is 1.68. The van der Waals surface area contributed by atoms with Crippen molar-refractivity contribution in [1.29, 1.82) is 0 Å². The number of hydrogen-bond donors (Lipinski definition) is 2. The zero-order valence-corrected chi connectivity index (χ0v) is 11.1. The summed E-state index contributed by atoms with van der Waals surface area (Å²) in [6.07, 6.45) is 8.80. The van der Waals surface area contributed by atoms with Gasteiger partial charge < -0.3 is 10.3 Å². The zero-order valence-electron chi connectivity index (χ0n) is 11.1. The molecule has 2 aromatic rings. The molecule has 0 saturated heterocycles. The number of nitrogens with one attached hydrogen (secondary N) is 2. The van der Waals surface area contributed by atoms with E-state index in [2.05, 4.69) is 41.5 Å². The van der Waals surface area contributed by atoms with E-state index < -0.39 is 0 Å². The topological polar surface area (TPSA) is 27.8 Å². The molecule has 0 bridgehead atoms. The van der Waals surface area contributed by atoms with Crippen LogP contribution in [0.15, 0.2) is 30.5 Å². The van der Waals surface area contributed by atoms with E-state index in [1.54, 1.807) is 0 Å². The summed E-state index contributed by atoms with van der Waals surface area (Å²) < 4.78 is 0. The lowest BCUT2D eigenvalue weighted by Crippen LogP contribution is -2.43. The number of benzene rings is 1. The van der Waals surface area contributed by atoms with Gasteiger partial charge in [0.15, 0.2) is 0 Å². The molecule has 0 unspecified atom stereocenters. The largest absolute Gasteiger partial charge is 0.361 e. The van der Waals surface area contributed by atoms with Crippen LogP contribution in [0, 0.1) is 0 Å². The highest BCUT2D eigenvalue weighted by molar-refractivity contribution is 5.79. The molecule has 0 spiro atoms. The molecule has 1 saturated carbocycles. The summed E-state index contributed by atoms with van der Waals surface area (Å²) in [5.74, 6) is 0. The molecule has 0 aliphatic heterocycles. The van der Waals surface area contributed by atoms with Gasteiger partial charge in [-0.05, 0) is 48.9 Å². The Morgan fingerprint density at radius 2 is 2.00 bits per heavy atom. The third kappa shape index (κ3) is 2.44. The molecule has 1 heterocycles. The first-order valence-electron chi connectivity index (χ1n) is 7.06. The predicted octanol–water partition coefficient (Wildman–Crippen LogP) is 3.98. The number of aromatic amines is 1. The van der Waals surface area contributed by atoms with E-state index in [1.807, 2.05) is 6.20 Å². The van der Waals surface area contributed by atoms with E-state index in [0.29, 0.717) is 5.54 Å². The second-order valence-electron chi connectivity index (χ2n) is 5.87. The maximum Gasteiger partial charge on any atom is 0.0454 e. The van der Waals surface area contributed by atoms with E-state index in [4.69, 9.17) is 0 Å². The minimum atomic E-state index is 0.353. The third-order valence-electron chi connectivity index (χ3n) is 4.29. The van der Waals surface area contributed by atoms with E-state index in [1.165, 1.54) is 48.6 Å². The molecule has 1 aliphatic carbocycles. The van der Waals surface area contributed by atoms with Crippen molar-refractivity contribution in [2.45, 2.75) is 51.1 Å². The van der Waals surface area contributed by atoms with Crippen LogP contribution in [0.2, 0.25) is 0 Å². The van der Waals surface area contributed by atoms with Gasteiger partial charge in [0.1, 0.15) is 0 Å². The Labute approximate surface area is 109 Å². The average molecular weight is 242 g/mol. The number of aromatic nitrogens is 1. The van der Waals surface area contributed by atoms with Gasteiger partial charge in [-0.1, -0.05) is 25.3 Å². The fourth-order valence-corrected chi connectivity index (χ4v) is 3.04. The van der Waals surface area contributed by atoms with E-state index >= 15 is 0 Å². The standard InChI is InChI=1S/C16H22N2/c1-16(8-3-2-4-9-16)18-12-13-5-6-15-14(11-13)7-10-17-15/h5-7,10-11,17-18H,2-4,8-9,12H2,1H3. The lowest BCUT2D eigenvalue weighted by molar-refractivity contribution is 0.252. The number of hydrogen-bond acceptors (Lipinski definition) is 1. The molecule has 1 aromatic carbocycles. The summed E-state index contributed by atoms with van der Waals surface area (Å²) >= 11 is 0. The van der Waals surface area contributed by atoms with Crippen molar-refractivity contribution in [3.63, 3.8) is 0 Å². The molecule has 0 amide bonds. The maximum atomic E-state index is 3.76. The van der Waals surface area contributed by atoms with Crippen molar-refractivity contribution in [2.24, 2.45) is 0 Å². The lowest BCUT2D eigenvalue weighted by atomic mass is 9.83. The monoisotopic (exact) mass is 242 g/mol. The van der Waals surface area contributed by atoms with Gasteiger partial charge >= 0.3 is 0 Å². The summed E-state index contributed by atoms with van der Waals surface area (Å²) in [5.41, 5.74) is 2.96. The van der Waals surface area contributed by atoms with Crippen LogP contribution in [-0.4, -0.2) is 10.5 Å². The van der Waals surface area contributed by atoms with Crippen LogP contribution in [-0.2, 0) is 6.54 Å². The van der Waals surface area contributed by atoms with Crippen LogP contribution >= 0.6 is 0 Å². The van der Waals surface area contributed by atoms with Crippen LogP contribution in [0.5, 0.6) is 0 Å². The highest BCUT2D eigenvalue weighted by Gasteiger charge is 2.25. The molecule has 18 heavy (non-hydrogen) atoms. The van der Waals surface area contributed by atoms with Gasteiger partial charge in [0, 0.05) is 23.8 Å². The SMILES string of the molecule is CC1(NCc2ccc3[nH]ccc3c2)CCCCC1. The van der Waals surface area contributed by atoms with Crippen LogP contribution < -0.4 is 5.32 Å². The fraction of sp³-hybridized carbons (Fsp3) is 0.500. The minimum absolute atomic E-state index is 0.353. The van der Waals surface area contributed by atoms with Crippen LogP contribution in [0.25, 0.3) is 10.9 Å². The first kappa shape index (κ1) is 11.8. The predicted molar refractivity (Wildman–Crippen MR) is 76.6 cm³/mol. The molecular weight excluding hydrogens is 220 g/mol. The van der Waals surface area contributed by atoms with Gasteiger partial charge in [-0.25, -0.2) is 0 Å². The first-order chi connectivity index (χ1) is 8.75. The van der Waals surface area contributed by atoms with Crippen molar-refractivity contribution in [1.82, 2.24) is 10.3 Å². The Bertz CT molecular complexity index is 521. The zero-order chi connectivity index (χ0) is 12.4. The normalized spacial score (nSPS) is 19.2. The lowest BCUT2D eigenvalue weighted by Gasteiger charge is -2.34. The summed E-state index contributed by atoms with van der Waals surface area (Å²) in [7, 11) is 0. The van der Waals surface area contributed by atoms with Gasteiger partial charge in [0.2, 0.25) is 0 Å². The molecule has 3 rings (SSSR count). The molecular formula is C16H22N2. The van der Waals surface area contributed by atoms with Gasteiger partial charge in [0.25, 0.3) is 0 Å². The molecule has 1 aliphatic rings. The van der Waals surface area contributed by atoms with E-state index in [0.717, 1.165) is 6.54 Å². The van der Waals surface area contributed by atoms with Crippen LogP contribution in [0.1, 0.15) is 44.6 Å². The van der Waals surface area contributed by atoms with Gasteiger partial charge in [-0.2, -0.15) is 0 Å². The molecule has 1 aromatic heterocycles. The van der Waals surface area contributed by atoms with Crippen molar-refractivity contribution < 1.29 is 0 Å². The molecule has 2 N–H and O–H groups in total. The fourth-order valence-electron chi connectivity index (χ4n) is 3.04. The van der Waals surface area contributed by atoms with Gasteiger partial charge in [-0.3, -0.25) is 0 Å². The van der Waals surface area contributed by atoms with Crippen molar-refractivity contribution in [3.05, 3.63) is 36.0 Å². The number of fused-ring (bicyclic) bond motifs is 1. The second kappa shape index (κ2) is 4.77. The van der Waals surface area contributed by atoms with Gasteiger partial charge in [0.05, 0.1) is 0 Å². The number of rotatable bonds is 3. The van der Waals surface area contributed by atoms with Crippen molar-refractivity contribution >= 4 is 10.9 Å². The molecule has 2 heteroatoms. The third-order valence-corrected chi connectivity index (χ3v) is 4.29. The van der Waals surface area contributed by atoms with Crippen LogP contribution in [0.4, 0.5) is 0 Å². The summed E-state index contributed by atoms with van der Waals surface area (Å²) in [5, 5.41) is 5.07. The van der Waals surface area contributed by atoms with Crippen LogP contribution in [0.3, 0.4) is 0 Å². The average Bonchev–Trinajstić information content (AvgIpc) is 2.85. The summed E-state index contributed by atoms with van der Waals surface area (Å²) in [6, 6.07) is 8.82. The Hall–Kier alpha value is -1.28. The summed E-state index contributed by atoms with van der Waals surface area (Å²) in [4.78, 5) is 3.24. The van der Waals surface area contributed by atoms with Crippen molar-refractivity contribution in [2.75, 3.05) is 0 Å². The van der Waals surface area contributed by atoms with E-state index in [9.17, 15) is 0 Å². The molecule has 1 fully saturated rings. The molecule has 0 atom stereocenters. The minimum Gasteiger partial charge on any atom is -0.361 e. The smallest absolute Gasteiger partial charge is 0.0454 e. The second-order valence-corrected chi connectivity index (χ2v) is 5.87. The van der Waals surface area contributed by atoms with Crippen molar-refractivity contribution in [3.8, 4) is 0 Å². The molecule has 0 radical (unpaired) electrons. The Morgan fingerprint density at radius 1 is 1.17 bits per heavy atom. The Kier molecular flexibility index (Phi) is 3.13. The Morgan fingerprint density at radius 3 is 2.83 bits per heavy atom. The molecule has 96 valence electrons.